The molecule has 13 nitrogen and oxygen atoms in total. The Morgan fingerprint density at radius 1 is 0.944 bits per heavy atom. The molecule has 4 aromatic rings. The minimum Gasteiger partial charge on any atom is -0.368 e. The zero-order valence-corrected chi connectivity index (χ0v) is 31.1. The molecule has 2 atom stereocenters. The number of rotatable bonds is 11. The Balaban J connectivity index is 1.40. The minimum atomic E-state index is -1.04. The van der Waals surface area contributed by atoms with Gasteiger partial charge in [-0.15, -0.1) is 0 Å². The molecule has 4 bridgehead atoms. The molecule has 1 unspecified atom stereocenters. The summed E-state index contributed by atoms with van der Waals surface area (Å²) < 4.78 is 0. The first-order valence-electron chi connectivity index (χ1n) is 18.1. The van der Waals surface area contributed by atoms with Gasteiger partial charge in [-0.05, 0) is 79.5 Å². The van der Waals surface area contributed by atoms with E-state index in [0.717, 1.165) is 18.4 Å². The van der Waals surface area contributed by atoms with Gasteiger partial charge in [0.15, 0.2) is 5.82 Å². The summed E-state index contributed by atoms with van der Waals surface area (Å²) >= 11 is 0. The van der Waals surface area contributed by atoms with Crippen molar-refractivity contribution in [3.63, 3.8) is 0 Å². The Hall–Kier alpha value is -5.95. The van der Waals surface area contributed by atoms with Gasteiger partial charge in [0.25, 0.3) is 5.91 Å². The topological polar surface area (TPSA) is 211 Å². The SMILES string of the molecule is Cc1cc2cc(c1NC(=O)[C@H](CCN)NC(=O)c1cnc(-c3ccc(CCC(C)C)cc3)nc1C)-c1cccc(c1)CC(=O)NCC(=O)NC(C(N)=O)C2. The maximum absolute atomic E-state index is 14.0. The first-order valence-corrected chi connectivity index (χ1v) is 18.1. The number of nitrogens with two attached hydrogens (primary N) is 2. The molecule has 54 heavy (non-hydrogen) atoms. The van der Waals surface area contributed by atoms with Crippen LogP contribution < -0.4 is 32.7 Å². The summed E-state index contributed by atoms with van der Waals surface area (Å²) in [7, 11) is 0. The Morgan fingerprint density at radius 3 is 2.39 bits per heavy atom. The number of carbonyl (C=O) groups excluding carboxylic acids is 5. The quantitative estimate of drug-likeness (QED) is 0.134. The van der Waals surface area contributed by atoms with Crippen molar-refractivity contribution in [3.8, 4) is 22.5 Å². The van der Waals surface area contributed by atoms with Crippen molar-refractivity contribution in [1.29, 1.82) is 0 Å². The van der Waals surface area contributed by atoms with Crippen LogP contribution in [0.25, 0.3) is 22.5 Å². The number of benzene rings is 3. The molecule has 282 valence electrons. The van der Waals surface area contributed by atoms with Gasteiger partial charge in [0.1, 0.15) is 12.1 Å². The normalized spacial score (nSPS) is 15.0. The van der Waals surface area contributed by atoms with E-state index in [4.69, 9.17) is 11.5 Å². The van der Waals surface area contributed by atoms with Crippen molar-refractivity contribution in [2.45, 2.75) is 71.9 Å². The van der Waals surface area contributed by atoms with Gasteiger partial charge in [0, 0.05) is 23.7 Å². The van der Waals surface area contributed by atoms with Crippen LogP contribution in [0.4, 0.5) is 5.69 Å². The van der Waals surface area contributed by atoms with Crippen LogP contribution in [0.15, 0.2) is 66.9 Å². The predicted molar refractivity (Wildman–Crippen MR) is 207 cm³/mol. The molecule has 1 aromatic heterocycles. The highest BCUT2D eigenvalue weighted by Gasteiger charge is 2.26. The molecule has 5 amide bonds. The van der Waals surface area contributed by atoms with E-state index in [2.05, 4.69) is 57.2 Å². The lowest BCUT2D eigenvalue weighted by molar-refractivity contribution is -0.128. The second-order valence-electron chi connectivity index (χ2n) is 14.1. The van der Waals surface area contributed by atoms with Gasteiger partial charge in [-0.1, -0.05) is 68.4 Å². The maximum Gasteiger partial charge on any atom is 0.255 e. The van der Waals surface area contributed by atoms with Crippen molar-refractivity contribution in [2.75, 3.05) is 18.4 Å². The van der Waals surface area contributed by atoms with Crippen molar-refractivity contribution in [3.05, 3.63) is 100 Å². The van der Waals surface area contributed by atoms with Crippen LogP contribution in [0.5, 0.6) is 0 Å². The number of fused-ring (bicyclic) bond motifs is 5. The van der Waals surface area contributed by atoms with Crippen LogP contribution >= 0.6 is 0 Å². The monoisotopic (exact) mass is 732 g/mol. The van der Waals surface area contributed by atoms with E-state index in [1.807, 2.05) is 30.3 Å². The van der Waals surface area contributed by atoms with E-state index in [0.29, 0.717) is 50.9 Å². The lowest BCUT2D eigenvalue weighted by Gasteiger charge is -2.23. The molecule has 13 heteroatoms. The highest BCUT2D eigenvalue weighted by Crippen LogP contribution is 2.34. The zero-order valence-electron chi connectivity index (χ0n) is 31.1. The third-order valence-electron chi connectivity index (χ3n) is 9.33. The summed E-state index contributed by atoms with van der Waals surface area (Å²) in [5.74, 6) is -1.56. The highest BCUT2D eigenvalue weighted by molar-refractivity contribution is 6.04. The molecule has 0 fully saturated rings. The standard InChI is InChI=1S/C41H48N8O5/c1-23(2)8-9-26-10-12-29(13-11-26)39-45-21-32(25(4)46-39)40(53)48-33(14-15-42)41(54)49-37-24(3)16-28-18-31(37)30-7-5-6-27(17-30)20-35(50)44-22-36(51)47-34(19-28)38(43)52/h5-7,10-13,16-18,21,23,33-34H,8-9,14-15,19-20,22,42H2,1-4H3,(H2,43,52)(H,44,50)(H,47,51)(H,48,53)(H,49,54)/t33-,34?/m0/s1. The number of hydrogen-bond donors (Lipinski definition) is 6. The smallest absolute Gasteiger partial charge is 0.255 e. The van der Waals surface area contributed by atoms with E-state index >= 15 is 0 Å². The molecular weight excluding hydrogens is 685 g/mol. The summed E-state index contributed by atoms with van der Waals surface area (Å²) in [4.78, 5) is 74.1. The lowest BCUT2D eigenvalue weighted by Crippen LogP contribution is -2.49. The van der Waals surface area contributed by atoms with Gasteiger partial charge in [0.2, 0.25) is 23.6 Å². The molecule has 5 rings (SSSR count). The van der Waals surface area contributed by atoms with E-state index in [1.165, 1.54) is 11.8 Å². The first-order chi connectivity index (χ1) is 25.8. The van der Waals surface area contributed by atoms with Gasteiger partial charge in [-0.25, -0.2) is 9.97 Å². The lowest BCUT2D eigenvalue weighted by atomic mass is 9.93. The second-order valence-corrected chi connectivity index (χ2v) is 14.1. The van der Waals surface area contributed by atoms with Gasteiger partial charge < -0.3 is 32.7 Å². The number of aromatic nitrogens is 2. The number of amides is 5. The van der Waals surface area contributed by atoms with Crippen LogP contribution in [-0.2, 0) is 38.4 Å². The van der Waals surface area contributed by atoms with Crippen molar-refractivity contribution in [1.82, 2.24) is 25.9 Å². The Labute approximate surface area is 315 Å². The van der Waals surface area contributed by atoms with Crippen molar-refractivity contribution >= 4 is 35.2 Å². The fraction of sp³-hybridized carbons (Fsp3) is 0.341. The third-order valence-corrected chi connectivity index (χ3v) is 9.33. The summed E-state index contributed by atoms with van der Waals surface area (Å²) in [6.45, 7) is 7.75. The van der Waals surface area contributed by atoms with Crippen molar-refractivity contribution in [2.24, 2.45) is 17.4 Å². The molecule has 0 saturated heterocycles. The molecule has 1 aliphatic rings. The third kappa shape index (κ3) is 10.1. The predicted octanol–water partition coefficient (Wildman–Crippen LogP) is 3.29. The van der Waals surface area contributed by atoms with Crippen LogP contribution in [-0.4, -0.2) is 64.7 Å². The van der Waals surface area contributed by atoms with Crippen LogP contribution in [0.2, 0.25) is 0 Å². The van der Waals surface area contributed by atoms with Crippen molar-refractivity contribution < 1.29 is 24.0 Å². The molecule has 2 heterocycles. The van der Waals surface area contributed by atoms with E-state index in [-0.39, 0.29) is 43.8 Å². The van der Waals surface area contributed by atoms with Gasteiger partial charge in [-0.2, -0.15) is 0 Å². The summed E-state index contributed by atoms with van der Waals surface area (Å²) in [6, 6.07) is 16.9. The minimum absolute atomic E-state index is 0.000169. The number of primary amides is 1. The number of aryl methyl sites for hydroxylation is 3. The average molecular weight is 733 g/mol. The number of anilines is 1. The first kappa shape index (κ1) is 39.3. The van der Waals surface area contributed by atoms with Crippen LogP contribution in [0, 0.1) is 19.8 Å². The number of nitrogens with zero attached hydrogens (tertiary/aromatic N) is 2. The van der Waals surface area contributed by atoms with Gasteiger partial charge in [0.05, 0.1) is 29.9 Å². The molecule has 0 spiro atoms. The van der Waals surface area contributed by atoms with Crippen LogP contribution in [0.3, 0.4) is 0 Å². The Kier molecular flexibility index (Phi) is 12.9. The molecule has 0 aliphatic carbocycles. The van der Waals surface area contributed by atoms with E-state index < -0.39 is 35.7 Å². The molecule has 0 radical (unpaired) electrons. The van der Waals surface area contributed by atoms with E-state index in [1.54, 1.807) is 32.0 Å². The summed E-state index contributed by atoms with van der Waals surface area (Å²) in [5, 5.41) is 11.0. The second kappa shape index (κ2) is 17.7. The molecule has 3 aromatic carbocycles. The molecular formula is C41H48N8O5. The fourth-order valence-electron chi connectivity index (χ4n) is 6.34. The Bertz CT molecular complexity index is 2050. The van der Waals surface area contributed by atoms with E-state index in [9.17, 15) is 24.0 Å². The number of carbonyl (C=O) groups is 5. The molecule has 1 aliphatic heterocycles. The largest absolute Gasteiger partial charge is 0.368 e. The summed E-state index contributed by atoms with van der Waals surface area (Å²) in [5.41, 5.74) is 18.1. The zero-order chi connectivity index (χ0) is 38.9. The van der Waals surface area contributed by atoms with Gasteiger partial charge >= 0.3 is 0 Å². The maximum atomic E-state index is 14.0. The molecule has 0 saturated carbocycles. The number of nitrogens with one attached hydrogen (secondary N) is 4. The van der Waals surface area contributed by atoms with Crippen LogP contribution in [0.1, 0.15) is 65.0 Å². The molecule has 8 N–H and O–H groups in total. The average Bonchev–Trinajstić information content (AvgIpc) is 3.13. The number of hydrogen-bond acceptors (Lipinski definition) is 8. The fourth-order valence-corrected chi connectivity index (χ4v) is 6.34. The summed E-state index contributed by atoms with van der Waals surface area (Å²) in [6.07, 6.45) is 3.78. The highest BCUT2D eigenvalue weighted by atomic mass is 16.2. The Morgan fingerprint density at radius 2 is 1.70 bits per heavy atom. The van der Waals surface area contributed by atoms with Gasteiger partial charge in [-0.3, -0.25) is 24.0 Å².